The topological polar surface area (TPSA) is 63.9 Å². The van der Waals surface area contributed by atoms with Crippen molar-refractivity contribution < 1.29 is 13.6 Å². The molecule has 0 saturated carbocycles. The number of aromatic nitrogens is 4. The third-order valence-corrected chi connectivity index (χ3v) is 8.07. The average molecular weight is 520 g/mol. The molecule has 1 aliphatic rings. The van der Waals surface area contributed by atoms with E-state index in [2.05, 4.69) is 21.2 Å². The number of thiophene rings is 1. The largest absolute Gasteiger partial charge is 0.327 e. The van der Waals surface area contributed by atoms with Gasteiger partial charge in [-0.25, -0.2) is 13.8 Å². The zero-order chi connectivity index (χ0) is 24.8. The molecule has 5 aromatic rings. The van der Waals surface area contributed by atoms with Gasteiger partial charge in [0.2, 0.25) is 0 Å². The smallest absolute Gasteiger partial charge is 0.254 e. The standard InChI is InChI=1S/C26H19F2N5OS2/c1-15-23-30-31-24(21-14-36-25(29-21)19-9-8-18(27)13-20(19)28)33(23)11-10-32(15)26(34)17-6-4-16(5-7-17)22-3-2-12-35-22/h2-9,12-15H,10-11H2,1H3/t15-/m0/s1. The lowest BCUT2D eigenvalue weighted by molar-refractivity contribution is 0.0638. The van der Waals surface area contributed by atoms with Crippen molar-refractivity contribution in [2.45, 2.75) is 19.5 Å². The van der Waals surface area contributed by atoms with E-state index < -0.39 is 11.6 Å². The summed E-state index contributed by atoms with van der Waals surface area (Å²) in [7, 11) is 0. The monoisotopic (exact) mass is 519 g/mol. The van der Waals surface area contributed by atoms with Crippen LogP contribution in [0.3, 0.4) is 0 Å². The summed E-state index contributed by atoms with van der Waals surface area (Å²) < 4.78 is 29.5. The lowest BCUT2D eigenvalue weighted by Crippen LogP contribution is -2.41. The van der Waals surface area contributed by atoms with Gasteiger partial charge in [-0.15, -0.1) is 32.9 Å². The molecule has 0 N–H and O–H groups in total. The summed E-state index contributed by atoms with van der Waals surface area (Å²) in [6.45, 7) is 2.94. The molecular weight excluding hydrogens is 500 g/mol. The van der Waals surface area contributed by atoms with Crippen LogP contribution in [0.2, 0.25) is 0 Å². The average Bonchev–Trinajstić information content (AvgIpc) is 3.65. The van der Waals surface area contributed by atoms with Gasteiger partial charge >= 0.3 is 0 Å². The Morgan fingerprint density at radius 3 is 2.61 bits per heavy atom. The number of thiazole rings is 1. The molecular formula is C26H19F2N5OS2. The first-order chi connectivity index (χ1) is 17.5. The minimum absolute atomic E-state index is 0.0567. The van der Waals surface area contributed by atoms with Crippen molar-refractivity contribution in [3.63, 3.8) is 0 Å². The lowest BCUT2D eigenvalue weighted by Gasteiger charge is -2.33. The second-order valence-corrected chi connectivity index (χ2v) is 10.2. The third-order valence-electron chi connectivity index (χ3n) is 6.28. The van der Waals surface area contributed by atoms with Crippen LogP contribution in [0.15, 0.2) is 65.4 Å². The quantitative estimate of drug-likeness (QED) is 0.280. The number of nitrogens with zero attached hydrogens (tertiary/aromatic N) is 5. The van der Waals surface area contributed by atoms with Gasteiger partial charge in [-0.3, -0.25) is 4.79 Å². The maximum Gasteiger partial charge on any atom is 0.254 e. The van der Waals surface area contributed by atoms with Gasteiger partial charge in [0.1, 0.15) is 22.3 Å². The summed E-state index contributed by atoms with van der Waals surface area (Å²) in [5.41, 5.74) is 2.51. The van der Waals surface area contributed by atoms with Crippen molar-refractivity contribution in [2.24, 2.45) is 0 Å². The second kappa shape index (κ2) is 9.03. The first kappa shape index (κ1) is 22.7. The molecule has 0 spiro atoms. The highest BCUT2D eigenvalue weighted by atomic mass is 32.1. The Kier molecular flexibility index (Phi) is 5.69. The van der Waals surface area contributed by atoms with Crippen molar-refractivity contribution in [3.8, 4) is 32.5 Å². The number of halogens is 2. The molecule has 0 unspecified atom stereocenters. The Hall–Kier alpha value is -3.76. The molecule has 0 fully saturated rings. The molecule has 1 amide bonds. The summed E-state index contributed by atoms with van der Waals surface area (Å²) in [6.07, 6.45) is 0. The van der Waals surface area contributed by atoms with Crippen LogP contribution in [0.1, 0.15) is 29.1 Å². The van der Waals surface area contributed by atoms with Crippen LogP contribution in [-0.4, -0.2) is 37.1 Å². The van der Waals surface area contributed by atoms with Gasteiger partial charge in [0.25, 0.3) is 5.91 Å². The lowest BCUT2D eigenvalue weighted by atomic mass is 10.1. The van der Waals surface area contributed by atoms with E-state index in [1.807, 2.05) is 47.2 Å². The first-order valence-corrected chi connectivity index (χ1v) is 13.0. The van der Waals surface area contributed by atoms with Crippen LogP contribution in [0.25, 0.3) is 32.5 Å². The predicted molar refractivity (Wildman–Crippen MR) is 136 cm³/mol. The minimum atomic E-state index is -0.662. The molecule has 0 bridgehead atoms. The van der Waals surface area contributed by atoms with Gasteiger partial charge in [0.15, 0.2) is 11.6 Å². The Bertz CT molecular complexity index is 1560. The predicted octanol–water partition coefficient (Wildman–Crippen LogP) is 6.29. The summed E-state index contributed by atoms with van der Waals surface area (Å²) in [6, 6.07) is 14.9. The highest BCUT2D eigenvalue weighted by Gasteiger charge is 2.32. The SMILES string of the molecule is C[C@H]1c2nnc(-c3csc(-c4ccc(F)cc4F)n3)n2CCN1C(=O)c1ccc(-c2cccs2)cc1. The molecule has 6 rings (SSSR count). The summed E-state index contributed by atoms with van der Waals surface area (Å²) in [5.74, 6) is -0.119. The van der Waals surface area contributed by atoms with Crippen LogP contribution in [0.5, 0.6) is 0 Å². The number of fused-ring (bicyclic) bond motifs is 1. The molecule has 4 heterocycles. The third kappa shape index (κ3) is 3.92. The highest BCUT2D eigenvalue weighted by Crippen LogP contribution is 2.33. The molecule has 10 heteroatoms. The molecule has 180 valence electrons. The fourth-order valence-corrected chi connectivity index (χ4v) is 5.96. The Labute approximate surface area is 213 Å². The maximum absolute atomic E-state index is 14.2. The molecule has 3 aromatic heterocycles. The van der Waals surface area contributed by atoms with Gasteiger partial charge in [-0.05, 0) is 48.2 Å². The molecule has 0 radical (unpaired) electrons. The van der Waals surface area contributed by atoms with E-state index in [0.717, 1.165) is 16.5 Å². The Morgan fingerprint density at radius 1 is 1.03 bits per heavy atom. The zero-order valence-electron chi connectivity index (χ0n) is 19.1. The summed E-state index contributed by atoms with van der Waals surface area (Å²) >= 11 is 2.92. The van der Waals surface area contributed by atoms with Crippen molar-refractivity contribution in [2.75, 3.05) is 6.54 Å². The van der Waals surface area contributed by atoms with Crippen LogP contribution in [0.4, 0.5) is 8.78 Å². The van der Waals surface area contributed by atoms with E-state index in [0.29, 0.717) is 41.0 Å². The van der Waals surface area contributed by atoms with E-state index in [9.17, 15) is 13.6 Å². The summed E-state index contributed by atoms with van der Waals surface area (Å²) in [5, 5.41) is 12.9. The molecule has 1 aliphatic heterocycles. The number of carbonyl (C=O) groups is 1. The second-order valence-electron chi connectivity index (χ2n) is 8.42. The van der Waals surface area contributed by atoms with E-state index in [1.165, 1.54) is 23.5 Å². The maximum atomic E-state index is 14.2. The van der Waals surface area contributed by atoms with E-state index in [-0.39, 0.29) is 17.5 Å². The van der Waals surface area contributed by atoms with Crippen LogP contribution in [0, 0.1) is 11.6 Å². The van der Waals surface area contributed by atoms with Gasteiger partial charge in [0.05, 0.1) is 6.04 Å². The Morgan fingerprint density at radius 2 is 1.86 bits per heavy atom. The van der Waals surface area contributed by atoms with Crippen LogP contribution in [-0.2, 0) is 6.54 Å². The van der Waals surface area contributed by atoms with Crippen molar-refractivity contribution >= 4 is 28.6 Å². The Balaban J connectivity index is 1.24. The van der Waals surface area contributed by atoms with Gasteiger partial charge in [0, 0.05) is 40.5 Å². The molecule has 1 atom stereocenters. The number of carbonyl (C=O) groups excluding carboxylic acids is 1. The number of amides is 1. The van der Waals surface area contributed by atoms with Crippen molar-refractivity contribution in [1.29, 1.82) is 0 Å². The fraction of sp³-hybridized carbons (Fsp3) is 0.154. The number of hydrogen-bond acceptors (Lipinski definition) is 6. The number of hydrogen-bond donors (Lipinski definition) is 0. The van der Waals surface area contributed by atoms with Crippen LogP contribution < -0.4 is 0 Å². The van der Waals surface area contributed by atoms with E-state index in [1.54, 1.807) is 21.6 Å². The van der Waals surface area contributed by atoms with E-state index in [4.69, 9.17) is 0 Å². The van der Waals surface area contributed by atoms with Crippen LogP contribution >= 0.6 is 22.7 Å². The van der Waals surface area contributed by atoms with Gasteiger partial charge in [-0.2, -0.15) is 0 Å². The van der Waals surface area contributed by atoms with E-state index >= 15 is 0 Å². The fourth-order valence-electron chi connectivity index (χ4n) is 4.40. The molecule has 0 saturated heterocycles. The van der Waals surface area contributed by atoms with Crippen molar-refractivity contribution in [1.82, 2.24) is 24.6 Å². The highest BCUT2D eigenvalue weighted by molar-refractivity contribution is 7.13. The molecule has 6 nitrogen and oxygen atoms in total. The van der Waals surface area contributed by atoms with Gasteiger partial charge in [-0.1, -0.05) is 18.2 Å². The first-order valence-electron chi connectivity index (χ1n) is 11.3. The van der Waals surface area contributed by atoms with Gasteiger partial charge < -0.3 is 9.47 Å². The summed E-state index contributed by atoms with van der Waals surface area (Å²) in [4.78, 5) is 20.8. The molecule has 0 aliphatic carbocycles. The number of rotatable bonds is 4. The zero-order valence-corrected chi connectivity index (χ0v) is 20.7. The normalized spacial score (nSPS) is 15.2. The molecule has 2 aromatic carbocycles. The molecule has 36 heavy (non-hydrogen) atoms. The number of benzene rings is 2. The van der Waals surface area contributed by atoms with Crippen molar-refractivity contribution in [3.05, 3.63) is 88.4 Å². The minimum Gasteiger partial charge on any atom is -0.327 e.